The molecule has 0 spiro atoms. The third kappa shape index (κ3) is 3.90. The van der Waals surface area contributed by atoms with Crippen LogP contribution in [0.3, 0.4) is 0 Å². The van der Waals surface area contributed by atoms with Crippen LogP contribution in [-0.4, -0.2) is 22.5 Å². The first-order valence-electron chi connectivity index (χ1n) is 6.85. The number of nitrogens with one attached hydrogen (secondary N) is 1. The molecule has 3 heteroatoms. The lowest BCUT2D eigenvalue weighted by atomic mass is 9.75. The highest BCUT2D eigenvalue weighted by atomic mass is 32.2. The van der Waals surface area contributed by atoms with E-state index in [4.69, 9.17) is 4.99 Å². The fourth-order valence-electron chi connectivity index (χ4n) is 2.79. The monoisotopic (exact) mass is 254 g/mol. The molecule has 0 aromatic heterocycles. The van der Waals surface area contributed by atoms with Gasteiger partial charge in [-0.1, -0.05) is 32.0 Å². The standard InChI is InChI=1S/C14H26N2S/c1-13(2)7-5-6-11(10-13)15-12-16-14(3,4)8-9-17-12/h11H,5-10H2,1-4H3,(H,15,16). The molecule has 0 radical (unpaired) electrons. The summed E-state index contributed by atoms with van der Waals surface area (Å²) in [5, 5.41) is 4.76. The average Bonchev–Trinajstić information content (AvgIpc) is 2.13. The predicted octanol–water partition coefficient (Wildman–Crippen LogP) is 3.82. The van der Waals surface area contributed by atoms with Gasteiger partial charge in [0.25, 0.3) is 0 Å². The van der Waals surface area contributed by atoms with Crippen LogP contribution in [0.2, 0.25) is 0 Å². The zero-order chi connectivity index (χ0) is 12.5. The van der Waals surface area contributed by atoms with Crippen LogP contribution in [0.4, 0.5) is 0 Å². The predicted molar refractivity (Wildman–Crippen MR) is 77.8 cm³/mol. The minimum Gasteiger partial charge on any atom is -0.360 e. The van der Waals surface area contributed by atoms with Crippen molar-refractivity contribution < 1.29 is 0 Å². The summed E-state index contributed by atoms with van der Waals surface area (Å²) in [4.78, 5) is 4.95. The lowest BCUT2D eigenvalue weighted by molar-refractivity contribution is 0.221. The fraction of sp³-hybridized carbons (Fsp3) is 0.929. The minimum absolute atomic E-state index is 0.230. The van der Waals surface area contributed by atoms with Gasteiger partial charge in [0.15, 0.2) is 5.17 Å². The Kier molecular flexibility index (Phi) is 3.77. The second-order valence-corrected chi connectivity index (χ2v) is 8.04. The molecule has 0 amide bonds. The molecule has 0 aromatic carbocycles. The van der Waals surface area contributed by atoms with Crippen LogP contribution in [0, 0.1) is 5.41 Å². The van der Waals surface area contributed by atoms with Gasteiger partial charge in [0, 0.05) is 11.3 Å². The first-order chi connectivity index (χ1) is 7.86. The van der Waals surface area contributed by atoms with Crippen molar-refractivity contribution in [2.75, 3.05) is 5.75 Å². The number of hydrogen-bond donors (Lipinski definition) is 1. The van der Waals surface area contributed by atoms with Crippen molar-refractivity contribution in [1.29, 1.82) is 0 Å². The van der Waals surface area contributed by atoms with Crippen LogP contribution >= 0.6 is 11.8 Å². The van der Waals surface area contributed by atoms with Gasteiger partial charge in [-0.3, -0.25) is 4.99 Å². The van der Waals surface area contributed by atoms with Gasteiger partial charge < -0.3 is 5.32 Å². The number of hydrogen-bond acceptors (Lipinski definition) is 2. The molecule has 2 nitrogen and oxygen atoms in total. The first-order valence-corrected chi connectivity index (χ1v) is 7.84. The van der Waals surface area contributed by atoms with Crippen LogP contribution in [0.25, 0.3) is 0 Å². The normalized spacial score (nSPS) is 34.4. The van der Waals surface area contributed by atoms with E-state index in [9.17, 15) is 0 Å². The SMILES string of the molecule is CC1(C)CCCC(N=C2NC(C)(C)CCS2)C1. The highest BCUT2D eigenvalue weighted by Gasteiger charge is 2.29. The summed E-state index contributed by atoms with van der Waals surface area (Å²) in [5.74, 6) is 1.20. The van der Waals surface area contributed by atoms with Crippen molar-refractivity contribution in [3.8, 4) is 0 Å². The summed E-state index contributed by atoms with van der Waals surface area (Å²) in [5.41, 5.74) is 0.718. The van der Waals surface area contributed by atoms with Gasteiger partial charge in [0.2, 0.25) is 0 Å². The van der Waals surface area contributed by atoms with Crippen molar-refractivity contribution in [1.82, 2.24) is 5.32 Å². The average molecular weight is 254 g/mol. The van der Waals surface area contributed by atoms with Gasteiger partial charge in [-0.15, -0.1) is 0 Å². The summed E-state index contributed by atoms with van der Waals surface area (Å²) in [6.45, 7) is 9.30. The number of nitrogens with zero attached hydrogens (tertiary/aromatic N) is 1. The van der Waals surface area contributed by atoms with Crippen LogP contribution in [-0.2, 0) is 0 Å². The van der Waals surface area contributed by atoms with Gasteiger partial charge in [-0.25, -0.2) is 0 Å². The molecule has 1 aliphatic heterocycles. The molecule has 2 aliphatic rings. The van der Waals surface area contributed by atoms with Gasteiger partial charge in [-0.05, 0) is 44.9 Å². The van der Waals surface area contributed by atoms with Crippen LogP contribution in [0.1, 0.15) is 59.8 Å². The topological polar surface area (TPSA) is 24.4 Å². The van der Waals surface area contributed by atoms with E-state index in [1.807, 2.05) is 11.8 Å². The quantitative estimate of drug-likeness (QED) is 0.769. The Bertz CT molecular complexity index is 307. The van der Waals surface area contributed by atoms with E-state index in [0.717, 1.165) is 0 Å². The number of rotatable bonds is 1. The van der Waals surface area contributed by atoms with E-state index < -0.39 is 0 Å². The second kappa shape index (κ2) is 4.83. The van der Waals surface area contributed by atoms with Gasteiger partial charge in [0.05, 0.1) is 6.04 Å². The van der Waals surface area contributed by atoms with Crippen molar-refractivity contribution >= 4 is 16.9 Å². The third-order valence-electron chi connectivity index (χ3n) is 3.89. The molecular formula is C14H26N2S. The largest absolute Gasteiger partial charge is 0.360 e. The highest BCUT2D eigenvalue weighted by molar-refractivity contribution is 8.13. The Balaban J connectivity index is 1.99. The zero-order valence-electron chi connectivity index (χ0n) is 11.7. The maximum Gasteiger partial charge on any atom is 0.157 e. The summed E-state index contributed by atoms with van der Waals surface area (Å²) in [6.07, 6.45) is 6.45. The van der Waals surface area contributed by atoms with Crippen molar-refractivity contribution in [3.63, 3.8) is 0 Å². The molecule has 1 saturated carbocycles. The first kappa shape index (κ1) is 13.3. The maximum atomic E-state index is 4.95. The maximum absolute atomic E-state index is 4.95. The molecule has 1 heterocycles. The van der Waals surface area contributed by atoms with E-state index in [-0.39, 0.29) is 5.54 Å². The van der Waals surface area contributed by atoms with E-state index in [2.05, 4.69) is 33.0 Å². The van der Waals surface area contributed by atoms with E-state index in [1.165, 1.54) is 43.0 Å². The summed E-state index contributed by atoms with van der Waals surface area (Å²) < 4.78 is 0. The van der Waals surface area contributed by atoms with Crippen molar-refractivity contribution in [2.24, 2.45) is 10.4 Å². The lowest BCUT2D eigenvalue weighted by Gasteiger charge is -2.36. The van der Waals surface area contributed by atoms with E-state index in [0.29, 0.717) is 11.5 Å². The molecule has 1 saturated heterocycles. The van der Waals surface area contributed by atoms with Crippen LogP contribution < -0.4 is 5.32 Å². The second-order valence-electron chi connectivity index (χ2n) is 6.96. The fourth-order valence-corrected chi connectivity index (χ4v) is 4.17. The van der Waals surface area contributed by atoms with Crippen molar-refractivity contribution in [2.45, 2.75) is 71.4 Å². The molecule has 1 unspecified atom stereocenters. The molecule has 1 aliphatic carbocycles. The summed E-state index contributed by atoms with van der Waals surface area (Å²) >= 11 is 1.90. The Morgan fingerprint density at radius 1 is 1.24 bits per heavy atom. The Morgan fingerprint density at radius 3 is 2.65 bits per heavy atom. The lowest BCUT2D eigenvalue weighted by Crippen LogP contribution is -2.46. The molecular weight excluding hydrogens is 228 g/mol. The van der Waals surface area contributed by atoms with Gasteiger partial charge in [-0.2, -0.15) is 0 Å². The number of amidine groups is 1. The summed E-state index contributed by atoms with van der Waals surface area (Å²) in [6, 6.07) is 0.544. The Morgan fingerprint density at radius 2 is 2.00 bits per heavy atom. The minimum atomic E-state index is 0.230. The van der Waals surface area contributed by atoms with Crippen molar-refractivity contribution in [3.05, 3.63) is 0 Å². The number of thioether (sulfide) groups is 1. The smallest absolute Gasteiger partial charge is 0.157 e. The molecule has 0 aromatic rings. The van der Waals surface area contributed by atoms with Gasteiger partial charge >= 0.3 is 0 Å². The molecule has 1 N–H and O–H groups in total. The van der Waals surface area contributed by atoms with Crippen LogP contribution in [0.15, 0.2) is 4.99 Å². The zero-order valence-corrected chi connectivity index (χ0v) is 12.5. The molecule has 2 fully saturated rings. The molecule has 17 heavy (non-hydrogen) atoms. The Labute approximate surface area is 110 Å². The molecule has 0 bridgehead atoms. The third-order valence-corrected chi connectivity index (χ3v) is 4.78. The highest BCUT2D eigenvalue weighted by Crippen LogP contribution is 2.37. The van der Waals surface area contributed by atoms with E-state index in [1.54, 1.807) is 0 Å². The van der Waals surface area contributed by atoms with Crippen LogP contribution in [0.5, 0.6) is 0 Å². The summed E-state index contributed by atoms with van der Waals surface area (Å²) in [7, 11) is 0. The van der Waals surface area contributed by atoms with E-state index >= 15 is 0 Å². The molecule has 1 atom stereocenters. The number of aliphatic imine (C=N–C) groups is 1. The van der Waals surface area contributed by atoms with Gasteiger partial charge in [0.1, 0.15) is 0 Å². The molecule has 98 valence electrons. The Hall–Kier alpha value is -0.180. The molecule has 2 rings (SSSR count).